The van der Waals surface area contributed by atoms with Crippen LogP contribution in [0.4, 0.5) is 5.82 Å². The first-order valence-corrected chi connectivity index (χ1v) is 8.19. The molecule has 1 aromatic heterocycles. The van der Waals surface area contributed by atoms with E-state index in [2.05, 4.69) is 52.0 Å². The number of nitrogens with zero attached hydrogens (tertiary/aromatic N) is 2. The Morgan fingerprint density at radius 2 is 2.00 bits per heavy atom. The van der Waals surface area contributed by atoms with Crippen molar-refractivity contribution in [1.82, 2.24) is 9.97 Å². The largest absolute Gasteiger partial charge is 0.370 e. The second-order valence-electron chi connectivity index (χ2n) is 5.20. The summed E-state index contributed by atoms with van der Waals surface area (Å²) in [5, 5.41) is 3.99. The third kappa shape index (κ3) is 3.55. The van der Waals surface area contributed by atoms with Gasteiger partial charge in [0.05, 0.1) is 5.02 Å². The van der Waals surface area contributed by atoms with E-state index in [1.807, 2.05) is 25.1 Å². The molecule has 0 amide bonds. The maximum atomic E-state index is 6.29. The van der Waals surface area contributed by atoms with Crippen LogP contribution in [0, 0.1) is 6.92 Å². The average Bonchev–Trinajstić information content (AvgIpc) is 2.41. The van der Waals surface area contributed by atoms with Gasteiger partial charge in [0.1, 0.15) is 5.82 Å². The van der Waals surface area contributed by atoms with Gasteiger partial charge in [0, 0.05) is 27.8 Å². The van der Waals surface area contributed by atoms with E-state index in [0.29, 0.717) is 16.8 Å². The van der Waals surface area contributed by atoms with Crippen LogP contribution in [0.5, 0.6) is 0 Å². The van der Waals surface area contributed by atoms with E-state index < -0.39 is 0 Å². The van der Waals surface area contributed by atoms with Gasteiger partial charge in [0.25, 0.3) is 0 Å². The molecule has 0 fully saturated rings. The Kier molecular flexibility index (Phi) is 5.22. The lowest BCUT2D eigenvalue weighted by Gasteiger charge is -2.17. The summed E-state index contributed by atoms with van der Waals surface area (Å²) in [6.07, 6.45) is 0. The summed E-state index contributed by atoms with van der Waals surface area (Å²) in [4.78, 5) is 9.34. The van der Waals surface area contributed by atoms with Gasteiger partial charge >= 0.3 is 0 Å². The number of rotatable bonds is 4. The first-order valence-electron chi connectivity index (χ1n) is 7.01. The zero-order valence-electron chi connectivity index (χ0n) is 12.7. The minimum atomic E-state index is 0.367. The number of nitrogens with one attached hydrogen (secondary N) is 1. The third-order valence-electron chi connectivity index (χ3n) is 3.23. The minimum absolute atomic E-state index is 0.367. The molecule has 0 bridgehead atoms. The molecule has 0 saturated heterocycles. The average molecular weight is 369 g/mol. The predicted molar refractivity (Wildman–Crippen MR) is 93.2 cm³/mol. The molecule has 5 heteroatoms. The van der Waals surface area contributed by atoms with Crippen molar-refractivity contribution < 1.29 is 0 Å². The van der Waals surface area contributed by atoms with E-state index in [1.54, 1.807) is 0 Å². The van der Waals surface area contributed by atoms with Crippen molar-refractivity contribution >= 4 is 33.3 Å². The Balaban J connectivity index is 2.63. The van der Waals surface area contributed by atoms with Crippen LogP contribution in [0.15, 0.2) is 22.7 Å². The molecule has 0 radical (unpaired) electrons. The van der Waals surface area contributed by atoms with E-state index in [-0.39, 0.29) is 0 Å². The third-order valence-corrected chi connectivity index (χ3v) is 4.05. The molecule has 1 aromatic carbocycles. The van der Waals surface area contributed by atoms with Gasteiger partial charge in [-0.15, -0.1) is 0 Å². The molecular formula is C16H19BrClN3. The van der Waals surface area contributed by atoms with Crippen molar-refractivity contribution in [3.8, 4) is 11.4 Å². The molecule has 3 nitrogen and oxygen atoms in total. The summed E-state index contributed by atoms with van der Waals surface area (Å²) in [5.74, 6) is 1.91. The number of benzene rings is 1. The molecule has 1 heterocycles. The number of aryl methyl sites for hydroxylation is 1. The first kappa shape index (κ1) is 16.2. The van der Waals surface area contributed by atoms with Gasteiger partial charge in [-0.05, 0) is 38.0 Å². The van der Waals surface area contributed by atoms with E-state index in [4.69, 9.17) is 11.6 Å². The number of halogens is 2. The monoisotopic (exact) mass is 367 g/mol. The highest BCUT2D eigenvalue weighted by Crippen LogP contribution is 2.32. The standard InChI is InChI=1S/C16H19BrClN3/c1-5-19-16-14(9(2)3)10(4)20-15(21-16)12-8-11(17)6-7-13(12)18/h6-9H,5H2,1-4H3,(H,19,20,21). The molecule has 0 atom stereocenters. The molecule has 2 rings (SSSR count). The zero-order valence-corrected chi connectivity index (χ0v) is 15.0. The van der Waals surface area contributed by atoms with Gasteiger partial charge in [-0.1, -0.05) is 41.4 Å². The quantitative estimate of drug-likeness (QED) is 0.782. The van der Waals surface area contributed by atoms with Gasteiger partial charge in [-0.25, -0.2) is 9.97 Å². The van der Waals surface area contributed by atoms with Crippen LogP contribution < -0.4 is 5.32 Å². The molecule has 112 valence electrons. The summed E-state index contributed by atoms with van der Waals surface area (Å²) < 4.78 is 0.959. The summed E-state index contributed by atoms with van der Waals surface area (Å²) in [6, 6.07) is 5.71. The van der Waals surface area contributed by atoms with Crippen LogP contribution in [0.1, 0.15) is 37.9 Å². The van der Waals surface area contributed by atoms with Crippen molar-refractivity contribution in [3.63, 3.8) is 0 Å². The van der Waals surface area contributed by atoms with Crippen molar-refractivity contribution in [2.75, 3.05) is 11.9 Å². The highest BCUT2D eigenvalue weighted by Gasteiger charge is 2.16. The van der Waals surface area contributed by atoms with Crippen LogP contribution in [0.25, 0.3) is 11.4 Å². The fraction of sp³-hybridized carbons (Fsp3) is 0.375. The Bertz CT molecular complexity index is 656. The summed E-state index contributed by atoms with van der Waals surface area (Å²) in [7, 11) is 0. The normalized spacial score (nSPS) is 11.0. The maximum Gasteiger partial charge on any atom is 0.163 e. The van der Waals surface area contributed by atoms with Crippen LogP contribution >= 0.6 is 27.5 Å². The topological polar surface area (TPSA) is 37.8 Å². The van der Waals surface area contributed by atoms with E-state index >= 15 is 0 Å². The molecule has 0 saturated carbocycles. The van der Waals surface area contributed by atoms with E-state index in [9.17, 15) is 0 Å². The van der Waals surface area contributed by atoms with Crippen molar-refractivity contribution in [3.05, 3.63) is 39.0 Å². The highest BCUT2D eigenvalue weighted by molar-refractivity contribution is 9.10. The minimum Gasteiger partial charge on any atom is -0.370 e. The zero-order chi connectivity index (χ0) is 15.6. The Morgan fingerprint density at radius 1 is 1.29 bits per heavy atom. The Hall–Kier alpha value is -1.13. The van der Waals surface area contributed by atoms with Crippen LogP contribution in [0.2, 0.25) is 5.02 Å². The van der Waals surface area contributed by atoms with Crippen LogP contribution in [-0.2, 0) is 0 Å². The number of hydrogen-bond acceptors (Lipinski definition) is 3. The fourth-order valence-electron chi connectivity index (χ4n) is 2.36. The van der Waals surface area contributed by atoms with Crippen LogP contribution in [0.3, 0.4) is 0 Å². The summed E-state index contributed by atoms with van der Waals surface area (Å²) in [6.45, 7) is 9.21. The van der Waals surface area contributed by atoms with Gasteiger partial charge in [0.15, 0.2) is 5.82 Å². The van der Waals surface area contributed by atoms with Crippen molar-refractivity contribution in [2.24, 2.45) is 0 Å². The number of anilines is 1. The molecule has 21 heavy (non-hydrogen) atoms. The summed E-state index contributed by atoms with van der Waals surface area (Å²) in [5.41, 5.74) is 2.98. The number of aromatic nitrogens is 2. The lowest BCUT2D eigenvalue weighted by Crippen LogP contribution is -2.09. The molecule has 0 aliphatic heterocycles. The lowest BCUT2D eigenvalue weighted by molar-refractivity contribution is 0.831. The highest BCUT2D eigenvalue weighted by atomic mass is 79.9. The Labute approximate surface area is 139 Å². The first-order chi connectivity index (χ1) is 9.93. The lowest BCUT2D eigenvalue weighted by atomic mass is 10.0. The van der Waals surface area contributed by atoms with E-state index in [0.717, 1.165) is 33.7 Å². The molecule has 2 aromatic rings. The maximum absolute atomic E-state index is 6.29. The van der Waals surface area contributed by atoms with Gasteiger partial charge in [-0.3, -0.25) is 0 Å². The summed E-state index contributed by atoms with van der Waals surface area (Å²) >= 11 is 9.76. The SMILES string of the molecule is CCNc1nc(-c2cc(Br)ccc2Cl)nc(C)c1C(C)C. The van der Waals surface area contributed by atoms with Crippen LogP contribution in [-0.4, -0.2) is 16.5 Å². The van der Waals surface area contributed by atoms with E-state index in [1.165, 1.54) is 0 Å². The molecule has 0 aliphatic rings. The van der Waals surface area contributed by atoms with Crippen molar-refractivity contribution in [1.29, 1.82) is 0 Å². The molecular weight excluding hydrogens is 350 g/mol. The predicted octanol–water partition coefficient (Wildman–Crippen LogP) is 5.42. The van der Waals surface area contributed by atoms with Crippen molar-refractivity contribution in [2.45, 2.75) is 33.6 Å². The number of hydrogen-bond donors (Lipinski definition) is 1. The fourth-order valence-corrected chi connectivity index (χ4v) is 2.93. The second kappa shape index (κ2) is 6.75. The molecule has 0 spiro atoms. The molecule has 0 aliphatic carbocycles. The molecule has 1 N–H and O–H groups in total. The molecule has 0 unspecified atom stereocenters. The second-order valence-corrected chi connectivity index (χ2v) is 6.53. The smallest absolute Gasteiger partial charge is 0.163 e. The Morgan fingerprint density at radius 3 is 2.62 bits per heavy atom. The van der Waals surface area contributed by atoms with Gasteiger partial charge < -0.3 is 5.32 Å². The van der Waals surface area contributed by atoms with Gasteiger partial charge in [-0.2, -0.15) is 0 Å². The van der Waals surface area contributed by atoms with Gasteiger partial charge in [0.2, 0.25) is 0 Å².